The van der Waals surface area contributed by atoms with Crippen molar-refractivity contribution in [2.75, 3.05) is 26.2 Å². The van der Waals surface area contributed by atoms with Crippen molar-refractivity contribution in [1.82, 2.24) is 10.2 Å². The minimum absolute atomic E-state index is 0.982. The number of unbranched alkanes of at least 4 members (excludes halogenated alkanes) is 2. The summed E-state index contributed by atoms with van der Waals surface area (Å²) < 4.78 is 0. The molecule has 0 saturated heterocycles. The zero-order valence-electron chi connectivity index (χ0n) is 12.7. The highest BCUT2D eigenvalue weighted by atomic mass is 15.1. The summed E-state index contributed by atoms with van der Waals surface area (Å²) in [7, 11) is 0. The van der Waals surface area contributed by atoms with E-state index < -0.39 is 0 Å². The number of nitrogens with zero attached hydrogens (tertiary/aromatic N) is 1. The third-order valence-corrected chi connectivity index (χ3v) is 3.43. The molecule has 0 fully saturated rings. The lowest BCUT2D eigenvalue weighted by atomic mass is 10.2. The second-order valence-corrected chi connectivity index (χ2v) is 5.21. The number of hydrogen-bond acceptors (Lipinski definition) is 2. The van der Waals surface area contributed by atoms with Crippen molar-refractivity contribution in [1.29, 1.82) is 0 Å². The van der Waals surface area contributed by atoms with Gasteiger partial charge in [-0.25, -0.2) is 0 Å². The van der Waals surface area contributed by atoms with E-state index in [1.165, 1.54) is 50.9 Å². The molecule has 2 nitrogen and oxygen atoms in total. The summed E-state index contributed by atoms with van der Waals surface area (Å²) in [5, 5.41) is 3.54. The van der Waals surface area contributed by atoms with E-state index in [1.54, 1.807) is 0 Å². The molecule has 1 rings (SSSR count). The Morgan fingerprint density at radius 1 is 0.895 bits per heavy atom. The summed E-state index contributed by atoms with van der Waals surface area (Å²) in [6, 6.07) is 10.6. The summed E-state index contributed by atoms with van der Waals surface area (Å²) in [5.74, 6) is 0. The van der Waals surface area contributed by atoms with Crippen molar-refractivity contribution in [3.63, 3.8) is 0 Å². The molecule has 2 heteroatoms. The van der Waals surface area contributed by atoms with Gasteiger partial charge in [0.1, 0.15) is 0 Å². The van der Waals surface area contributed by atoms with Crippen LogP contribution in [-0.2, 0) is 6.54 Å². The Morgan fingerprint density at radius 3 is 2.11 bits per heavy atom. The molecule has 19 heavy (non-hydrogen) atoms. The van der Waals surface area contributed by atoms with Crippen molar-refractivity contribution >= 4 is 0 Å². The maximum absolute atomic E-state index is 3.54. The van der Waals surface area contributed by atoms with Gasteiger partial charge in [0, 0.05) is 19.6 Å². The molecular weight excluding hydrogens is 232 g/mol. The number of hydrogen-bond donors (Lipinski definition) is 1. The fourth-order valence-electron chi connectivity index (χ4n) is 2.16. The summed E-state index contributed by atoms with van der Waals surface area (Å²) in [6.45, 7) is 10.3. The van der Waals surface area contributed by atoms with Crippen LogP contribution in [-0.4, -0.2) is 31.1 Å². The molecule has 0 aliphatic carbocycles. The molecule has 0 radical (unpaired) electrons. The Morgan fingerprint density at radius 2 is 1.53 bits per heavy atom. The molecule has 0 spiro atoms. The molecule has 0 saturated carbocycles. The first-order valence-corrected chi connectivity index (χ1v) is 7.83. The highest BCUT2D eigenvalue weighted by molar-refractivity contribution is 5.14. The summed E-state index contributed by atoms with van der Waals surface area (Å²) in [6.07, 6.45) is 5.23. The van der Waals surface area contributed by atoms with E-state index in [2.05, 4.69) is 54.4 Å². The third kappa shape index (κ3) is 8.02. The molecule has 0 unspecified atom stereocenters. The maximum Gasteiger partial charge on any atom is 0.0206 e. The molecule has 0 aliphatic heterocycles. The van der Waals surface area contributed by atoms with Gasteiger partial charge in [0.2, 0.25) is 0 Å². The van der Waals surface area contributed by atoms with Gasteiger partial charge >= 0.3 is 0 Å². The van der Waals surface area contributed by atoms with Gasteiger partial charge in [-0.3, -0.25) is 0 Å². The first-order valence-electron chi connectivity index (χ1n) is 7.83. The fraction of sp³-hybridized carbons (Fsp3) is 0.647. The topological polar surface area (TPSA) is 15.3 Å². The normalized spacial score (nSPS) is 11.1. The molecule has 108 valence electrons. The van der Waals surface area contributed by atoms with E-state index in [4.69, 9.17) is 0 Å². The van der Waals surface area contributed by atoms with E-state index in [0.29, 0.717) is 0 Å². The third-order valence-electron chi connectivity index (χ3n) is 3.43. The van der Waals surface area contributed by atoms with Crippen LogP contribution >= 0.6 is 0 Å². The predicted octanol–water partition coefficient (Wildman–Crippen LogP) is 3.68. The van der Waals surface area contributed by atoms with E-state index in [0.717, 1.165) is 13.1 Å². The monoisotopic (exact) mass is 262 g/mol. The van der Waals surface area contributed by atoms with Gasteiger partial charge in [0.15, 0.2) is 0 Å². The van der Waals surface area contributed by atoms with Gasteiger partial charge in [-0.15, -0.1) is 0 Å². The fourth-order valence-corrected chi connectivity index (χ4v) is 2.16. The maximum atomic E-state index is 3.54. The first kappa shape index (κ1) is 16.2. The lowest BCUT2D eigenvalue weighted by Gasteiger charge is -2.22. The van der Waals surface area contributed by atoms with Crippen LogP contribution in [0.1, 0.15) is 45.1 Å². The molecule has 0 bridgehead atoms. The van der Waals surface area contributed by atoms with Crippen molar-refractivity contribution in [2.45, 2.75) is 46.1 Å². The van der Waals surface area contributed by atoms with Gasteiger partial charge in [-0.2, -0.15) is 0 Å². The number of rotatable bonds is 11. The van der Waals surface area contributed by atoms with Crippen molar-refractivity contribution in [3.05, 3.63) is 35.9 Å². The van der Waals surface area contributed by atoms with Crippen LogP contribution in [0.4, 0.5) is 0 Å². The van der Waals surface area contributed by atoms with Gasteiger partial charge in [0.25, 0.3) is 0 Å². The molecule has 0 atom stereocenters. The summed E-state index contributed by atoms with van der Waals surface area (Å²) in [4.78, 5) is 2.60. The second kappa shape index (κ2) is 11.0. The standard InChI is InChI=1S/C17H30N2/c1-3-5-13-19(14-6-4-2)15-12-18-16-17-10-8-7-9-11-17/h7-11,18H,3-6,12-16H2,1-2H3. The molecule has 0 aliphatic rings. The van der Waals surface area contributed by atoms with Crippen LogP contribution in [0.2, 0.25) is 0 Å². The number of nitrogens with one attached hydrogen (secondary N) is 1. The summed E-state index contributed by atoms with van der Waals surface area (Å²) >= 11 is 0. The van der Waals surface area contributed by atoms with Crippen LogP contribution < -0.4 is 5.32 Å². The predicted molar refractivity (Wildman–Crippen MR) is 84.4 cm³/mol. The van der Waals surface area contributed by atoms with Crippen LogP contribution in [0.5, 0.6) is 0 Å². The SMILES string of the molecule is CCCCN(CCCC)CCNCc1ccccc1. The van der Waals surface area contributed by atoms with Crippen LogP contribution in [0, 0.1) is 0 Å². The Balaban J connectivity index is 2.16. The van der Waals surface area contributed by atoms with E-state index >= 15 is 0 Å². The van der Waals surface area contributed by atoms with Crippen LogP contribution in [0.3, 0.4) is 0 Å². The highest BCUT2D eigenvalue weighted by Gasteiger charge is 2.03. The molecule has 0 heterocycles. The van der Waals surface area contributed by atoms with Gasteiger partial charge < -0.3 is 10.2 Å². The Bertz CT molecular complexity index is 289. The van der Waals surface area contributed by atoms with E-state index in [1.807, 2.05) is 0 Å². The highest BCUT2D eigenvalue weighted by Crippen LogP contribution is 1.99. The lowest BCUT2D eigenvalue weighted by molar-refractivity contribution is 0.264. The molecule has 1 aromatic rings. The van der Waals surface area contributed by atoms with E-state index in [9.17, 15) is 0 Å². The minimum atomic E-state index is 0.982. The number of benzene rings is 1. The van der Waals surface area contributed by atoms with Gasteiger partial charge in [0.05, 0.1) is 0 Å². The molecule has 0 aromatic heterocycles. The van der Waals surface area contributed by atoms with Gasteiger partial charge in [-0.05, 0) is 31.5 Å². The first-order chi connectivity index (χ1) is 9.36. The largest absolute Gasteiger partial charge is 0.311 e. The van der Waals surface area contributed by atoms with Gasteiger partial charge in [-0.1, -0.05) is 57.0 Å². The van der Waals surface area contributed by atoms with Crippen molar-refractivity contribution in [2.24, 2.45) is 0 Å². The van der Waals surface area contributed by atoms with Crippen molar-refractivity contribution in [3.8, 4) is 0 Å². The minimum Gasteiger partial charge on any atom is -0.311 e. The Hall–Kier alpha value is -0.860. The average Bonchev–Trinajstić information content (AvgIpc) is 2.46. The Kier molecular flexibility index (Phi) is 9.38. The summed E-state index contributed by atoms with van der Waals surface area (Å²) in [5.41, 5.74) is 1.37. The molecule has 1 aromatic carbocycles. The zero-order chi connectivity index (χ0) is 13.8. The zero-order valence-corrected chi connectivity index (χ0v) is 12.7. The molecule has 0 amide bonds. The Labute approximate surface area is 119 Å². The second-order valence-electron chi connectivity index (χ2n) is 5.21. The lowest BCUT2D eigenvalue weighted by Crippen LogP contribution is -2.33. The molecular formula is C17H30N2. The van der Waals surface area contributed by atoms with Crippen LogP contribution in [0.15, 0.2) is 30.3 Å². The van der Waals surface area contributed by atoms with Crippen LogP contribution in [0.25, 0.3) is 0 Å². The quantitative estimate of drug-likeness (QED) is 0.612. The molecule has 1 N–H and O–H groups in total. The average molecular weight is 262 g/mol. The van der Waals surface area contributed by atoms with E-state index in [-0.39, 0.29) is 0 Å². The smallest absolute Gasteiger partial charge is 0.0206 e. The van der Waals surface area contributed by atoms with Crippen molar-refractivity contribution < 1.29 is 0 Å².